The number of carboxylic acid groups (broad SMARTS) is 1. The Hall–Kier alpha value is -1.63. The Labute approximate surface area is 118 Å². The summed E-state index contributed by atoms with van der Waals surface area (Å²) >= 11 is 0. The van der Waals surface area contributed by atoms with Gasteiger partial charge in [-0.2, -0.15) is 0 Å². The molecule has 0 radical (unpaired) electrons. The number of aliphatic carboxylic acids is 1. The SMILES string of the molecule is CC(CC(=O)O)CC(=O)NC(=O)N1CCN(C)C(C)C1. The highest BCUT2D eigenvalue weighted by molar-refractivity contribution is 5.94. The topological polar surface area (TPSA) is 89.9 Å². The maximum atomic E-state index is 11.9. The van der Waals surface area contributed by atoms with E-state index in [1.165, 1.54) is 0 Å². The van der Waals surface area contributed by atoms with Crippen LogP contribution >= 0.6 is 0 Å². The molecule has 1 heterocycles. The predicted octanol–water partition coefficient (Wildman–Crippen LogP) is 0.359. The average molecular weight is 285 g/mol. The van der Waals surface area contributed by atoms with Crippen LogP contribution in [0.5, 0.6) is 0 Å². The Morgan fingerprint density at radius 2 is 1.95 bits per heavy atom. The summed E-state index contributed by atoms with van der Waals surface area (Å²) in [5.74, 6) is -1.65. The minimum absolute atomic E-state index is 0.0430. The van der Waals surface area contributed by atoms with E-state index in [9.17, 15) is 14.4 Å². The number of amides is 3. The third-order valence-electron chi connectivity index (χ3n) is 3.55. The molecule has 3 amide bonds. The van der Waals surface area contributed by atoms with Crippen LogP contribution in [-0.2, 0) is 9.59 Å². The Bertz CT molecular complexity index is 386. The van der Waals surface area contributed by atoms with Gasteiger partial charge in [-0.3, -0.25) is 14.9 Å². The lowest BCUT2D eigenvalue weighted by Crippen LogP contribution is -2.55. The first-order chi connectivity index (χ1) is 9.29. The normalized spacial score (nSPS) is 21.4. The minimum Gasteiger partial charge on any atom is -0.481 e. The lowest BCUT2D eigenvalue weighted by atomic mass is 10.0. The average Bonchev–Trinajstić information content (AvgIpc) is 2.30. The largest absolute Gasteiger partial charge is 0.481 e. The molecular formula is C13H23N3O4. The van der Waals surface area contributed by atoms with Gasteiger partial charge in [-0.05, 0) is 19.9 Å². The second-order valence-corrected chi connectivity index (χ2v) is 5.54. The first-order valence-electron chi connectivity index (χ1n) is 6.80. The maximum Gasteiger partial charge on any atom is 0.324 e. The fourth-order valence-electron chi connectivity index (χ4n) is 2.17. The third-order valence-corrected chi connectivity index (χ3v) is 3.55. The lowest BCUT2D eigenvalue weighted by molar-refractivity contribution is -0.138. The molecule has 0 aliphatic carbocycles. The van der Waals surface area contributed by atoms with E-state index in [2.05, 4.69) is 10.2 Å². The number of urea groups is 1. The molecule has 7 nitrogen and oxygen atoms in total. The van der Waals surface area contributed by atoms with Crippen molar-refractivity contribution in [2.75, 3.05) is 26.7 Å². The number of rotatable bonds is 4. The molecule has 0 aromatic carbocycles. The molecule has 0 aromatic heterocycles. The summed E-state index contributed by atoms with van der Waals surface area (Å²) in [5, 5.41) is 11.0. The van der Waals surface area contributed by atoms with Crippen molar-refractivity contribution in [2.45, 2.75) is 32.7 Å². The van der Waals surface area contributed by atoms with Gasteiger partial charge in [-0.1, -0.05) is 6.92 Å². The van der Waals surface area contributed by atoms with E-state index in [1.807, 2.05) is 14.0 Å². The van der Waals surface area contributed by atoms with Crippen LogP contribution in [0.15, 0.2) is 0 Å². The van der Waals surface area contributed by atoms with Crippen molar-refractivity contribution in [3.05, 3.63) is 0 Å². The van der Waals surface area contributed by atoms with Gasteiger partial charge in [-0.15, -0.1) is 0 Å². The molecule has 0 bridgehead atoms. The molecule has 0 aromatic rings. The zero-order valence-electron chi connectivity index (χ0n) is 12.3. The van der Waals surface area contributed by atoms with Crippen LogP contribution in [0, 0.1) is 5.92 Å². The summed E-state index contributed by atoms with van der Waals surface area (Å²) in [4.78, 5) is 37.9. The standard InChI is InChI=1S/C13H23N3O4/c1-9(7-12(18)19)6-11(17)14-13(20)16-5-4-15(3)10(2)8-16/h9-10H,4-8H2,1-3H3,(H,18,19)(H,14,17,20). The number of nitrogens with one attached hydrogen (secondary N) is 1. The number of hydrogen-bond donors (Lipinski definition) is 2. The highest BCUT2D eigenvalue weighted by Crippen LogP contribution is 2.09. The molecule has 1 aliphatic heterocycles. The van der Waals surface area contributed by atoms with Crippen LogP contribution in [0.25, 0.3) is 0 Å². The number of imide groups is 1. The van der Waals surface area contributed by atoms with Crippen LogP contribution in [0.3, 0.4) is 0 Å². The van der Waals surface area contributed by atoms with Crippen molar-refractivity contribution >= 4 is 17.9 Å². The van der Waals surface area contributed by atoms with E-state index in [-0.39, 0.29) is 24.8 Å². The Balaban J connectivity index is 2.38. The highest BCUT2D eigenvalue weighted by atomic mass is 16.4. The quantitative estimate of drug-likeness (QED) is 0.778. The monoisotopic (exact) mass is 285 g/mol. The van der Waals surface area contributed by atoms with E-state index < -0.39 is 17.9 Å². The third kappa shape index (κ3) is 5.16. The molecular weight excluding hydrogens is 262 g/mol. The van der Waals surface area contributed by atoms with Gasteiger partial charge in [0.1, 0.15) is 0 Å². The maximum absolute atomic E-state index is 11.9. The van der Waals surface area contributed by atoms with Crippen LogP contribution in [0.4, 0.5) is 4.79 Å². The molecule has 7 heteroatoms. The van der Waals surface area contributed by atoms with Crippen molar-refractivity contribution in [1.82, 2.24) is 15.1 Å². The summed E-state index contributed by atoms with van der Waals surface area (Å²) < 4.78 is 0. The number of likely N-dealkylation sites (N-methyl/N-ethyl adjacent to an activating group) is 1. The fraction of sp³-hybridized carbons (Fsp3) is 0.769. The minimum atomic E-state index is -0.940. The first-order valence-corrected chi connectivity index (χ1v) is 6.80. The van der Waals surface area contributed by atoms with Crippen molar-refractivity contribution in [3.63, 3.8) is 0 Å². The number of nitrogens with zero attached hydrogens (tertiary/aromatic N) is 2. The summed E-state index contributed by atoms with van der Waals surface area (Å²) in [6.45, 7) is 5.65. The lowest BCUT2D eigenvalue weighted by Gasteiger charge is -2.37. The zero-order chi connectivity index (χ0) is 15.3. The Kier molecular flexibility index (Phi) is 5.94. The van der Waals surface area contributed by atoms with E-state index >= 15 is 0 Å². The number of carbonyl (C=O) groups is 3. The number of hydrogen-bond acceptors (Lipinski definition) is 4. The predicted molar refractivity (Wildman–Crippen MR) is 73.2 cm³/mol. The van der Waals surface area contributed by atoms with Crippen molar-refractivity contribution in [2.24, 2.45) is 5.92 Å². The van der Waals surface area contributed by atoms with Gasteiger partial charge < -0.3 is 14.9 Å². The molecule has 2 unspecified atom stereocenters. The van der Waals surface area contributed by atoms with Gasteiger partial charge in [0.15, 0.2) is 0 Å². The van der Waals surface area contributed by atoms with Crippen LogP contribution in [0.1, 0.15) is 26.7 Å². The van der Waals surface area contributed by atoms with E-state index in [1.54, 1.807) is 11.8 Å². The molecule has 114 valence electrons. The molecule has 2 atom stereocenters. The summed E-state index contributed by atoms with van der Waals surface area (Å²) in [5.41, 5.74) is 0. The number of piperazine rings is 1. The molecule has 0 spiro atoms. The summed E-state index contributed by atoms with van der Waals surface area (Å²) in [6.07, 6.45) is -0.0332. The van der Waals surface area contributed by atoms with Crippen LogP contribution < -0.4 is 5.32 Å². The van der Waals surface area contributed by atoms with Gasteiger partial charge in [0.2, 0.25) is 5.91 Å². The van der Waals surface area contributed by atoms with Crippen molar-refractivity contribution in [3.8, 4) is 0 Å². The number of carbonyl (C=O) groups excluding carboxylic acids is 2. The van der Waals surface area contributed by atoms with Crippen LogP contribution in [0.2, 0.25) is 0 Å². The van der Waals surface area contributed by atoms with E-state index in [4.69, 9.17) is 5.11 Å². The van der Waals surface area contributed by atoms with E-state index in [0.29, 0.717) is 13.1 Å². The van der Waals surface area contributed by atoms with Gasteiger partial charge >= 0.3 is 12.0 Å². The van der Waals surface area contributed by atoms with Gasteiger partial charge in [0.25, 0.3) is 0 Å². The summed E-state index contributed by atoms with van der Waals surface area (Å²) in [7, 11) is 2.00. The van der Waals surface area contributed by atoms with Crippen LogP contribution in [-0.4, -0.2) is 65.5 Å². The second kappa shape index (κ2) is 7.23. The van der Waals surface area contributed by atoms with Gasteiger partial charge in [0.05, 0.1) is 0 Å². The fourth-order valence-corrected chi connectivity index (χ4v) is 2.17. The van der Waals surface area contributed by atoms with Gasteiger partial charge in [0, 0.05) is 38.5 Å². The second-order valence-electron chi connectivity index (χ2n) is 5.54. The molecule has 1 saturated heterocycles. The smallest absolute Gasteiger partial charge is 0.324 e. The van der Waals surface area contributed by atoms with Crippen molar-refractivity contribution < 1.29 is 19.5 Å². The number of carboxylic acids is 1. The molecule has 2 N–H and O–H groups in total. The Morgan fingerprint density at radius 1 is 1.30 bits per heavy atom. The highest BCUT2D eigenvalue weighted by Gasteiger charge is 2.25. The van der Waals surface area contributed by atoms with Crippen molar-refractivity contribution in [1.29, 1.82) is 0 Å². The zero-order valence-corrected chi connectivity index (χ0v) is 12.3. The molecule has 1 aliphatic rings. The Morgan fingerprint density at radius 3 is 2.50 bits per heavy atom. The molecule has 0 saturated carbocycles. The summed E-state index contributed by atoms with van der Waals surface area (Å²) in [6, 6.07) is -0.131. The molecule has 20 heavy (non-hydrogen) atoms. The first kappa shape index (κ1) is 16.4. The molecule has 1 fully saturated rings. The van der Waals surface area contributed by atoms with E-state index in [0.717, 1.165) is 6.54 Å². The van der Waals surface area contributed by atoms with Gasteiger partial charge in [-0.25, -0.2) is 4.79 Å². The molecule has 1 rings (SSSR count).